The molecule has 0 saturated heterocycles. The van der Waals surface area contributed by atoms with E-state index in [4.69, 9.17) is 15.8 Å². The maximum Gasteiger partial charge on any atom is 0.0631 e. The fraction of sp³-hybridized carbons (Fsp3) is 0.400. The zero-order valence-corrected chi connectivity index (χ0v) is 11.7. The summed E-state index contributed by atoms with van der Waals surface area (Å²) in [5.74, 6) is 0. The second kappa shape index (κ2) is 9.10. The van der Waals surface area contributed by atoms with Gasteiger partial charge >= 0.3 is 0 Å². The topological polar surface area (TPSA) is 71.4 Å². The highest BCUT2D eigenvalue weighted by Gasteiger charge is 2.21. The van der Waals surface area contributed by atoms with Gasteiger partial charge in [-0.3, -0.25) is 0 Å². The average Bonchev–Trinajstić information content (AvgIpc) is 2.46. The third-order valence-electron chi connectivity index (χ3n) is 2.93. The number of benzene rings is 1. The van der Waals surface area contributed by atoms with Crippen LogP contribution in [0.2, 0.25) is 0 Å². The van der Waals surface area contributed by atoms with Crippen molar-refractivity contribution in [2.45, 2.75) is 24.9 Å². The lowest BCUT2D eigenvalue weighted by Gasteiger charge is -2.25. The lowest BCUT2D eigenvalue weighted by molar-refractivity contribution is 0.943. The Hall–Kier alpha value is -1.88. The fourth-order valence-corrected chi connectivity index (χ4v) is 4.59. The molecule has 0 fully saturated rings. The van der Waals surface area contributed by atoms with E-state index in [1.165, 1.54) is 0 Å². The van der Waals surface area contributed by atoms with E-state index in [9.17, 15) is 0 Å². The van der Waals surface area contributed by atoms with E-state index in [0.717, 1.165) is 17.9 Å². The van der Waals surface area contributed by atoms with Gasteiger partial charge in [-0.05, 0) is 17.9 Å². The van der Waals surface area contributed by atoms with Gasteiger partial charge < -0.3 is 0 Å². The zero-order chi connectivity index (χ0) is 13.9. The number of rotatable bonds is 7. The molecule has 96 valence electrons. The minimum Gasteiger partial charge on any atom is -0.198 e. The first-order valence-corrected chi connectivity index (χ1v) is 8.01. The summed E-state index contributed by atoms with van der Waals surface area (Å²) < 4.78 is 0. The van der Waals surface area contributed by atoms with Gasteiger partial charge in [-0.2, -0.15) is 15.8 Å². The molecule has 0 radical (unpaired) electrons. The monoisotopic (exact) mass is 269 g/mol. The van der Waals surface area contributed by atoms with Crippen LogP contribution in [-0.4, -0.2) is 12.3 Å². The number of nitrogens with zero attached hydrogens (tertiary/aromatic N) is 3. The van der Waals surface area contributed by atoms with Crippen LogP contribution < -0.4 is 0 Å². The second-order valence-electron chi connectivity index (χ2n) is 4.14. The standard InChI is InChI=1S/C15H16N3P/c16-9-4-12-19(13-5-10-17)15(8-11-18)14-6-2-1-3-7-14/h1-3,6-7,15H,4-5,8,12-13H2. The van der Waals surface area contributed by atoms with Crippen molar-refractivity contribution in [2.24, 2.45) is 0 Å². The Kier molecular flexibility index (Phi) is 7.27. The van der Waals surface area contributed by atoms with Crippen LogP contribution in [0.5, 0.6) is 0 Å². The van der Waals surface area contributed by atoms with Crippen molar-refractivity contribution in [3.63, 3.8) is 0 Å². The highest BCUT2D eigenvalue weighted by atomic mass is 31.1. The van der Waals surface area contributed by atoms with E-state index < -0.39 is 7.92 Å². The van der Waals surface area contributed by atoms with Crippen molar-refractivity contribution in [3.8, 4) is 18.2 Å². The molecule has 0 bridgehead atoms. The van der Waals surface area contributed by atoms with E-state index in [2.05, 4.69) is 18.2 Å². The van der Waals surface area contributed by atoms with E-state index >= 15 is 0 Å². The lowest BCUT2D eigenvalue weighted by Crippen LogP contribution is -2.02. The first kappa shape index (κ1) is 15.2. The van der Waals surface area contributed by atoms with Crippen LogP contribution in [0.3, 0.4) is 0 Å². The predicted octanol–water partition coefficient (Wildman–Crippen LogP) is 3.95. The molecule has 0 aromatic heterocycles. The summed E-state index contributed by atoms with van der Waals surface area (Å²) in [6.45, 7) is 0. The molecule has 4 heteroatoms. The summed E-state index contributed by atoms with van der Waals surface area (Å²) in [6, 6.07) is 16.6. The molecule has 1 aromatic carbocycles. The number of hydrogen-bond acceptors (Lipinski definition) is 3. The molecular formula is C15H16N3P. The molecule has 0 aliphatic rings. The molecule has 0 saturated carbocycles. The maximum atomic E-state index is 9.03. The van der Waals surface area contributed by atoms with Crippen molar-refractivity contribution in [1.82, 2.24) is 0 Å². The van der Waals surface area contributed by atoms with E-state index in [1.807, 2.05) is 30.3 Å². The summed E-state index contributed by atoms with van der Waals surface area (Å²) in [7, 11) is -0.486. The summed E-state index contributed by atoms with van der Waals surface area (Å²) in [6.07, 6.45) is 3.11. The zero-order valence-electron chi connectivity index (χ0n) is 10.8. The van der Waals surface area contributed by atoms with Gasteiger partial charge in [0.05, 0.1) is 18.2 Å². The summed E-state index contributed by atoms with van der Waals surface area (Å²) in [5.41, 5.74) is 1.34. The maximum absolute atomic E-state index is 9.03. The van der Waals surface area contributed by atoms with Crippen molar-refractivity contribution < 1.29 is 0 Å². The van der Waals surface area contributed by atoms with Gasteiger partial charge in [0.15, 0.2) is 0 Å². The van der Waals surface area contributed by atoms with Crippen molar-refractivity contribution >= 4 is 7.92 Å². The molecule has 3 nitrogen and oxygen atoms in total. The molecule has 0 heterocycles. The van der Waals surface area contributed by atoms with Crippen molar-refractivity contribution in [3.05, 3.63) is 35.9 Å². The Bertz CT molecular complexity index is 475. The van der Waals surface area contributed by atoms with E-state index in [1.54, 1.807) is 0 Å². The number of hydrogen-bond donors (Lipinski definition) is 0. The van der Waals surface area contributed by atoms with E-state index in [0.29, 0.717) is 19.3 Å². The van der Waals surface area contributed by atoms with Gasteiger partial charge in [0.2, 0.25) is 0 Å². The van der Waals surface area contributed by atoms with Crippen molar-refractivity contribution in [1.29, 1.82) is 15.8 Å². The molecule has 1 aromatic rings. The summed E-state index contributed by atoms with van der Waals surface area (Å²) >= 11 is 0. The minimum absolute atomic E-state index is 0.183. The van der Waals surface area contributed by atoms with Crippen LogP contribution in [-0.2, 0) is 0 Å². The van der Waals surface area contributed by atoms with Crippen LogP contribution in [0, 0.1) is 34.0 Å². The Balaban J connectivity index is 2.89. The molecule has 1 rings (SSSR count). The Morgan fingerprint density at radius 3 is 1.95 bits per heavy atom. The van der Waals surface area contributed by atoms with Crippen LogP contribution in [0.25, 0.3) is 0 Å². The van der Waals surface area contributed by atoms with Gasteiger partial charge in [0, 0.05) is 24.9 Å². The second-order valence-corrected chi connectivity index (χ2v) is 6.84. The van der Waals surface area contributed by atoms with Gasteiger partial charge in [-0.1, -0.05) is 38.3 Å². The summed E-state index contributed by atoms with van der Waals surface area (Å²) in [5, 5.41) is 26.5. The van der Waals surface area contributed by atoms with Crippen molar-refractivity contribution in [2.75, 3.05) is 12.3 Å². The predicted molar refractivity (Wildman–Crippen MR) is 76.5 cm³/mol. The van der Waals surface area contributed by atoms with Gasteiger partial charge in [0.1, 0.15) is 0 Å². The smallest absolute Gasteiger partial charge is 0.0631 e. The first-order chi connectivity index (χ1) is 9.33. The Morgan fingerprint density at radius 2 is 1.47 bits per heavy atom. The molecular weight excluding hydrogens is 253 g/mol. The first-order valence-electron chi connectivity index (χ1n) is 6.23. The van der Waals surface area contributed by atoms with Gasteiger partial charge in [-0.25, -0.2) is 0 Å². The van der Waals surface area contributed by atoms with Crippen LogP contribution in [0.1, 0.15) is 30.5 Å². The molecule has 0 spiro atoms. The van der Waals surface area contributed by atoms with Crippen LogP contribution >= 0.6 is 7.92 Å². The normalized spacial score (nSPS) is 11.3. The molecule has 0 aliphatic heterocycles. The number of nitriles is 3. The van der Waals surface area contributed by atoms with Crippen LogP contribution in [0.4, 0.5) is 0 Å². The molecule has 0 aliphatic carbocycles. The van der Waals surface area contributed by atoms with E-state index in [-0.39, 0.29) is 5.66 Å². The SMILES string of the molecule is N#CCCP(CCC#N)C(CC#N)c1ccccc1. The Labute approximate surface area is 115 Å². The highest BCUT2D eigenvalue weighted by Crippen LogP contribution is 2.53. The molecule has 19 heavy (non-hydrogen) atoms. The lowest BCUT2D eigenvalue weighted by atomic mass is 10.1. The highest BCUT2D eigenvalue weighted by molar-refractivity contribution is 7.58. The summed E-state index contributed by atoms with van der Waals surface area (Å²) in [4.78, 5) is 0. The van der Waals surface area contributed by atoms with Gasteiger partial charge in [0.25, 0.3) is 0 Å². The fourth-order valence-electron chi connectivity index (χ4n) is 2.03. The molecule has 0 N–H and O–H groups in total. The third kappa shape index (κ3) is 5.09. The molecule has 1 unspecified atom stereocenters. The minimum atomic E-state index is -0.486. The van der Waals surface area contributed by atoms with Crippen LogP contribution in [0.15, 0.2) is 30.3 Å². The average molecular weight is 269 g/mol. The Morgan fingerprint density at radius 1 is 0.895 bits per heavy atom. The molecule has 0 amide bonds. The largest absolute Gasteiger partial charge is 0.198 e. The molecule has 1 atom stereocenters. The van der Waals surface area contributed by atoms with Gasteiger partial charge in [-0.15, -0.1) is 0 Å². The third-order valence-corrected chi connectivity index (χ3v) is 5.89. The quantitative estimate of drug-likeness (QED) is 0.703.